The number of non-ortho nitro benzene ring substituents is 1. The Bertz CT molecular complexity index is 1270. The summed E-state index contributed by atoms with van der Waals surface area (Å²) in [6.45, 7) is 0.374. The minimum atomic E-state index is -0.391. The third-order valence-corrected chi connectivity index (χ3v) is 4.76. The maximum Gasteiger partial charge on any atom is 0.269 e. The Kier molecular flexibility index (Phi) is 3.36. The van der Waals surface area contributed by atoms with Gasteiger partial charge in [-0.3, -0.25) is 10.1 Å². The zero-order valence-electron chi connectivity index (χ0n) is 14.2. The highest BCUT2D eigenvalue weighted by Gasteiger charge is 2.14. The van der Waals surface area contributed by atoms with Gasteiger partial charge in [-0.25, -0.2) is 0 Å². The van der Waals surface area contributed by atoms with Crippen molar-refractivity contribution in [3.63, 3.8) is 0 Å². The number of nitro groups is 1. The number of nitro benzene ring substituents is 1. The fourth-order valence-corrected chi connectivity index (χ4v) is 3.56. The van der Waals surface area contributed by atoms with Crippen LogP contribution in [0.3, 0.4) is 0 Å². The van der Waals surface area contributed by atoms with Crippen LogP contribution in [0.4, 0.5) is 5.69 Å². The molecule has 0 aliphatic carbocycles. The fraction of sp³-hybridized carbons (Fsp3) is 0.0476. The van der Waals surface area contributed by atoms with Crippen LogP contribution < -0.4 is 0 Å². The topological polar surface area (TPSA) is 73.8 Å². The lowest BCUT2D eigenvalue weighted by atomic mass is 10.0. The summed E-state index contributed by atoms with van der Waals surface area (Å²) < 4.78 is 0. The highest BCUT2D eigenvalue weighted by molar-refractivity contribution is 6.22. The fourth-order valence-electron chi connectivity index (χ4n) is 3.56. The molecule has 0 radical (unpaired) electrons. The average molecular weight is 354 g/mol. The van der Waals surface area contributed by atoms with Crippen molar-refractivity contribution in [2.75, 3.05) is 0 Å². The van der Waals surface area contributed by atoms with Gasteiger partial charge in [0.05, 0.1) is 11.5 Å². The molecule has 0 unspecified atom stereocenters. The number of nitrogens with zero attached hydrogens (tertiary/aromatic N) is 4. The van der Waals surface area contributed by atoms with Gasteiger partial charge in [0, 0.05) is 22.9 Å². The van der Waals surface area contributed by atoms with Gasteiger partial charge in [0.2, 0.25) is 0 Å². The molecular weight excluding hydrogens is 340 g/mol. The first-order valence-corrected chi connectivity index (χ1v) is 8.58. The molecule has 6 heteroatoms. The van der Waals surface area contributed by atoms with Gasteiger partial charge in [-0.1, -0.05) is 60.7 Å². The molecule has 0 N–H and O–H groups in total. The van der Waals surface area contributed by atoms with Gasteiger partial charge in [0.15, 0.2) is 0 Å². The predicted octanol–water partition coefficient (Wildman–Crippen LogP) is 4.69. The number of hydrogen-bond donors (Lipinski definition) is 0. The molecule has 0 amide bonds. The summed E-state index contributed by atoms with van der Waals surface area (Å²) in [7, 11) is 0. The maximum atomic E-state index is 11.0. The highest BCUT2D eigenvalue weighted by Crippen LogP contribution is 2.32. The molecular formula is C21H14N4O2. The Balaban J connectivity index is 1.72. The van der Waals surface area contributed by atoms with E-state index in [1.54, 1.807) is 16.9 Å². The van der Waals surface area contributed by atoms with Crippen LogP contribution in [0.2, 0.25) is 0 Å². The normalized spacial score (nSPS) is 11.4. The summed E-state index contributed by atoms with van der Waals surface area (Å²) in [6, 6.07) is 22.9. The minimum Gasteiger partial charge on any atom is -0.258 e. The van der Waals surface area contributed by atoms with E-state index in [0.29, 0.717) is 6.54 Å². The molecule has 130 valence electrons. The first kappa shape index (κ1) is 15.5. The van der Waals surface area contributed by atoms with E-state index in [-0.39, 0.29) is 5.69 Å². The summed E-state index contributed by atoms with van der Waals surface area (Å²) >= 11 is 0. The van der Waals surface area contributed by atoms with Gasteiger partial charge in [0.25, 0.3) is 5.69 Å². The van der Waals surface area contributed by atoms with Crippen molar-refractivity contribution in [2.45, 2.75) is 6.54 Å². The molecule has 0 saturated heterocycles. The van der Waals surface area contributed by atoms with Crippen LogP contribution in [0, 0.1) is 10.1 Å². The van der Waals surface area contributed by atoms with Gasteiger partial charge in [0.1, 0.15) is 11.0 Å². The first-order chi connectivity index (χ1) is 13.2. The third kappa shape index (κ3) is 2.50. The Labute approximate surface area is 153 Å². The molecule has 0 spiro atoms. The lowest BCUT2D eigenvalue weighted by Crippen LogP contribution is -2.04. The Morgan fingerprint density at radius 1 is 0.778 bits per heavy atom. The highest BCUT2D eigenvalue weighted by atomic mass is 16.6. The van der Waals surface area contributed by atoms with Crippen molar-refractivity contribution >= 4 is 38.3 Å². The van der Waals surface area contributed by atoms with Crippen LogP contribution in [0.1, 0.15) is 5.56 Å². The van der Waals surface area contributed by atoms with Crippen LogP contribution >= 0.6 is 0 Å². The monoisotopic (exact) mass is 354 g/mol. The van der Waals surface area contributed by atoms with Crippen LogP contribution in [-0.2, 0) is 6.54 Å². The molecule has 5 rings (SSSR count). The van der Waals surface area contributed by atoms with E-state index in [4.69, 9.17) is 10.2 Å². The quantitative estimate of drug-likeness (QED) is 0.267. The molecule has 0 fully saturated rings. The Morgan fingerprint density at radius 3 is 1.89 bits per heavy atom. The number of benzene rings is 4. The largest absolute Gasteiger partial charge is 0.269 e. The zero-order chi connectivity index (χ0) is 18.4. The zero-order valence-corrected chi connectivity index (χ0v) is 14.2. The minimum absolute atomic E-state index is 0.0695. The van der Waals surface area contributed by atoms with Crippen LogP contribution in [0.25, 0.3) is 32.6 Å². The van der Waals surface area contributed by atoms with Crippen molar-refractivity contribution in [3.8, 4) is 0 Å². The van der Waals surface area contributed by atoms with Crippen molar-refractivity contribution in [3.05, 3.63) is 88.5 Å². The summed E-state index contributed by atoms with van der Waals surface area (Å²) in [5.41, 5.74) is 2.54. The molecule has 0 saturated carbocycles. The van der Waals surface area contributed by atoms with Gasteiger partial charge < -0.3 is 0 Å². The number of rotatable bonds is 3. The van der Waals surface area contributed by atoms with Crippen LogP contribution in [-0.4, -0.2) is 19.9 Å². The lowest BCUT2D eigenvalue weighted by molar-refractivity contribution is -0.384. The lowest BCUT2D eigenvalue weighted by Gasteiger charge is -2.04. The molecule has 27 heavy (non-hydrogen) atoms. The molecule has 5 aromatic rings. The SMILES string of the molecule is O=[N+]([O-])c1cccc(Cn2nc3c4ccccc4c4ccccc4c3n2)c1. The van der Waals surface area contributed by atoms with Crippen LogP contribution in [0.5, 0.6) is 0 Å². The van der Waals surface area contributed by atoms with Gasteiger partial charge in [-0.2, -0.15) is 15.0 Å². The molecule has 0 bridgehead atoms. The van der Waals surface area contributed by atoms with E-state index >= 15 is 0 Å². The summed E-state index contributed by atoms with van der Waals surface area (Å²) in [5.74, 6) is 0. The molecule has 6 nitrogen and oxygen atoms in total. The van der Waals surface area contributed by atoms with E-state index in [1.807, 2.05) is 30.3 Å². The summed E-state index contributed by atoms with van der Waals surface area (Å²) in [4.78, 5) is 12.2. The number of aromatic nitrogens is 3. The summed E-state index contributed by atoms with van der Waals surface area (Å²) in [5, 5.41) is 24.8. The Morgan fingerprint density at radius 2 is 1.33 bits per heavy atom. The second kappa shape index (κ2) is 5.88. The number of hydrogen-bond acceptors (Lipinski definition) is 4. The van der Waals surface area contributed by atoms with Crippen molar-refractivity contribution in [1.82, 2.24) is 15.0 Å². The molecule has 4 aromatic carbocycles. The summed E-state index contributed by atoms with van der Waals surface area (Å²) in [6.07, 6.45) is 0. The van der Waals surface area contributed by atoms with Crippen LogP contribution in [0.15, 0.2) is 72.8 Å². The number of fused-ring (bicyclic) bond motifs is 6. The van der Waals surface area contributed by atoms with Crippen molar-refractivity contribution in [1.29, 1.82) is 0 Å². The van der Waals surface area contributed by atoms with Gasteiger partial charge in [-0.15, -0.1) is 0 Å². The van der Waals surface area contributed by atoms with E-state index in [2.05, 4.69) is 24.3 Å². The van der Waals surface area contributed by atoms with E-state index in [9.17, 15) is 10.1 Å². The average Bonchev–Trinajstić information content (AvgIpc) is 3.12. The Hall–Kier alpha value is -3.80. The van der Waals surface area contributed by atoms with E-state index in [0.717, 1.165) is 38.1 Å². The smallest absolute Gasteiger partial charge is 0.258 e. The van der Waals surface area contributed by atoms with E-state index < -0.39 is 4.92 Å². The van der Waals surface area contributed by atoms with Crippen molar-refractivity contribution in [2.24, 2.45) is 0 Å². The second-order valence-electron chi connectivity index (χ2n) is 6.45. The predicted molar refractivity (Wildman–Crippen MR) is 105 cm³/mol. The molecule has 0 aliphatic rings. The van der Waals surface area contributed by atoms with Crippen molar-refractivity contribution < 1.29 is 4.92 Å². The molecule has 1 heterocycles. The van der Waals surface area contributed by atoms with Gasteiger partial charge >= 0.3 is 0 Å². The second-order valence-corrected chi connectivity index (χ2v) is 6.45. The molecule has 1 aromatic heterocycles. The standard InChI is InChI=1S/C21H14N4O2/c26-25(27)15-7-5-6-14(12-15)13-24-22-20-18-10-3-1-8-16(18)17-9-2-4-11-19(17)21(20)23-24/h1-12H,13H2. The van der Waals surface area contributed by atoms with Gasteiger partial charge in [-0.05, 0) is 16.3 Å². The molecule has 0 atom stereocenters. The van der Waals surface area contributed by atoms with E-state index in [1.165, 1.54) is 6.07 Å². The maximum absolute atomic E-state index is 11.0. The third-order valence-electron chi connectivity index (χ3n) is 4.76. The first-order valence-electron chi connectivity index (χ1n) is 8.58. The molecule has 0 aliphatic heterocycles.